The van der Waals surface area contributed by atoms with Gasteiger partial charge in [0.15, 0.2) is 0 Å². The third kappa shape index (κ3) is 6.06. The van der Waals surface area contributed by atoms with E-state index < -0.39 is 10.0 Å². The van der Waals surface area contributed by atoms with E-state index in [1.165, 1.54) is 4.90 Å². The minimum Gasteiger partial charge on any atom is -0.490 e. The number of hydrogen-bond acceptors (Lipinski definition) is 4. The van der Waals surface area contributed by atoms with Gasteiger partial charge >= 0.3 is 0 Å². The first kappa shape index (κ1) is 21.9. The molecular weight excluding hydrogens is 370 g/mol. The second-order valence-electron chi connectivity index (χ2n) is 7.05. The van der Waals surface area contributed by atoms with E-state index in [2.05, 4.69) is 55.8 Å². The van der Waals surface area contributed by atoms with Crippen molar-refractivity contribution in [3.63, 3.8) is 0 Å². The van der Waals surface area contributed by atoms with Crippen molar-refractivity contribution in [2.45, 2.75) is 25.7 Å². The quantitative estimate of drug-likeness (QED) is 0.307. The molecule has 28 heavy (non-hydrogen) atoms. The highest BCUT2D eigenvalue weighted by molar-refractivity contribution is 8.32. The lowest BCUT2D eigenvalue weighted by molar-refractivity contribution is 0.215. The third-order valence-corrected chi connectivity index (χ3v) is 6.59. The molecule has 5 heteroatoms. The minimum absolute atomic E-state index is 0.581. The standard InChI is InChI=1S/C23H31NO3S/c1-7-8-13-26-21-14-18(2)23(19(3)15-21)27-17-28(5,6)22-11-9-20(10-12-22)16-24-25-4/h7-12,14-16H,13,17H2,1-6H3/b8-7+,24-16?. The molecule has 0 saturated carbocycles. The molecule has 0 radical (unpaired) electrons. The fraction of sp³-hybridized carbons (Fsp3) is 0.348. The van der Waals surface area contributed by atoms with Crippen molar-refractivity contribution >= 4 is 16.2 Å². The van der Waals surface area contributed by atoms with Gasteiger partial charge in [-0.25, -0.2) is 0 Å². The van der Waals surface area contributed by atoms with Crippen LogP contribution in [0.25, 0.3) is 0 Å². The highest BCUT2D eigenvalue weighted by Gasteiger charge is 2.17. The van der Waals surface area contributed by atoms with E-state index in [4.69, 9.17) is 14.3 Å². The summed E-state index contributed by atoms with van der Waals surface area (Å²) in [5.74, 6) is 2.49. The number of oxime groups is 1. The fourth-order valence-corrected chi connectivity index (χ4v) is 4.19. The normalized spacial score (nSPS) is 12.5. The SMILES string of the molecule is C/C=C/COc1cc(C)c(OCS(C)(C)c2ccc(C=NOC)cc2)c(C)c1. The molecule has 0 heterocycles. The van der Waals surface area contributed by atoms with Gasteiger partial charge < -0.3 is 14.3 Å². The molecule has 2 aromatic carbocycles. The van der Waals surface area contributed by atoms with Gasteiger partial charge in [0, 0.05) is 0 Å². The maximum atomic E-state index is 6.28. The van der Waals surface area contributed by atoms with Gasteiger partial charge in [-0.1, -0.05) is 29.4 Å². The number of rotatable bonds is 9. The van der Waals surface area contributed by atoms with Gasteiger partial charge in [0.1, 0.15) is 31.2 Å². The zero-order valence-corrected chi connectivity index (χ0v) is 18.5. The van der Waals surface area contributed by atoms with Gasteiger partial charge in [-0.3, -0.25) is 0 Å². The molecule has 0 unspecified atom stereocenters. The number of aryl methyl sites for hydroxylation is 2. The van der Waals surface area contributed by atoms with Gasteiger partial charge in [0.2, 0.25) is 0 Å². The van der Waals surface area contributed by atoms with Gasteiger partial charge in [0.25, 0.3) is 0 Å². The summed E-state index contributed by atoms with van der Waals surface area (Å²) in [7, 11) is 0.447. The van der Waals surface area contributed by atoms with Crippen LogP contribution in [0, 0.1) is 13.8 Å². The lowest BCUT2D eigenvalue weighted by atomic mass is 10.1. The Labute approximate surface area is 170 Å². The van der Waals surface area contributed by atoms with Crippen molar-refractivity contribution in [2.24, 2.45) is 5.16 Å². The summed E-state index contributed by atoms with van der Waals surface area (Å²) >= 11 is 0. The van der Waals surface area contributed by atoms with Crippen LogP contribution < -0.4 is 9.47 Å². The van der Waals surface area contributed by atoms with Crippen LogP contribution in [-0.4, -0.2) is 38.4 Å². The Morgan fingerprint density at radius 2 is 1.64 bits per heavy atom. The van der Waals surface area contributed by atoms with Crippen molar-refractivity contribution in [1.29, 1.82) is 0 Å². The molecule has 0 bridgehead atoms. The molecule has 0 amide bonds. The van der Waals surface area contributed by atoms with E-state index in [1.54, 1.807) is 13.3 Å². The molecule has 0 spiro atoms. The van der Waals surface area contributed by atoms with E-state index in [-0.39, 0.29) is 0 Å². The van der Waals surface area contributed by atoms with Crippen molar-refractivity contribution in [3.8, 4) is 11.5 Å². The maximum absolute atomic E-state index is 6.28. The van der Waals surface area contributed by atoms with Crippen LogP contribution in [0.3, 0.4) is 0 Å². The Hall–Kier alpha value is -2.40. The monoisotopic (exact) mass is 401 g/mol. The summed E-state index contributed by atoms with van der Waals surface area (Å²) < 4.78 is 12.0. The molecule has 2 rings (SSSR count). The highest BCUT2D eigenvalue weighted by Crippen LogP contribution is 2.49. The molecule has 152 valence electrons. The average Bonchev–Trinajstić information content (AvgIpc) is 2.66. The second-order valence-corrected chi connectivity index (χ2v) is 10.8. The topological polar surface area (TPSA) is 40.0 Å². The van der Waals surface area contributed by atoms with Crippen molar-refractivity contribution in [3.05, 3.63) is 65.2 Å². The zero-order valence-electron chi connectivity index (χ0n) is 17.7. The first-order valence-corrected chi connectivity index (χ1v) is 11.8. The molecule has 0 aliphatic rings. The fourth-order valence-electron chi connectivity index (χ4n) is 2.77. The van der Waals surface area contributed by atoms with Gasteiger partial charge in [-0.15, -0.1) is 0 Å². The summed E-state index contributed by atoms with van der Waals surface area (Å²) in [4.78, 5) is 6.03. The molecule has 0 aliphatic carbocycles. The van der Waals surface area contributed by atoms with E-state index in [0.29, 0.717) is 12.5 Å². The first-order valence-electron chi connectivity index (χ1n) is 9.23. The van der Waals surface area contributed by atoms with E-state index in [1.807, 2.05) is 31.2 Å². The van der Waals surface area contributed by atoms with Crippen LogP contribution in [0.2, 0.25) is 0 Å². The summed E-state index contributed by atoms with van der Waals surface area (Å²) in [6.45, 7) is 6.70. The molecule has 0 aromatic heterocycles. The molecule has 2 aromatic rings. The second kappa shape index (κ2) is 10.2. The highest BCUT2D eigenvalue weighted by atomic mass is 32.3. The maximum Gasteiger partial charge on any atom is 0.126 e. The van der Waals surface area contributed by atoms with E-state index in [9.17, 15) is 0 Å². The summed E-state index contributed by atoms with van der Waals surface area (Å²) in [6.07, 6.45) is 10.2. The largest absolute Gasteiger partial charge is 0.490 e. The molecule has 0 atom stereocenters. The smallest absolute Gasteiger partial charge is 0.126 e. The van der Waals surface area contributed by atoms with E-state index in [0.717, 1.165) is 28.2 Å². The molecule has 0 N–H and O–H groups in total. The zero-order chi connectivity index (χ0) is 20.6. The number of ether oxygens (including phenoxy) is 2. The molecular formula is C23H31NO3S. The summed E-state index contributed by atoms with van der Waals surface area (Å²) in [5.41, 5.74) is 3.20. The van der Waals surface area contributed by atoms with E-state index >= 15 is 0 Å². The van der Waals surface area contributed by atoms with Crippen LogP contribution in [-0.2, 0) is 4.84 Å². The first-order chi connectivity index (χ1) is 13.4. The summed E-state index contributed by atoms with van der Waals surface area (Å²) in [5, 5.41) is 3.80. The Morgan fingerprint density at radius 1 is 1.00 bits per heavy atom. The molecule has 0 saturated heterocycles. The number of nitrogens with zero attached hydrogens (tertiary/aromatic N) is 1. The number of benzene rings is 2. The molecule has 4 nitrogen and oxygen atoms in total. The van der Waals surface area contributed by atoms with Crippen molar-refractivity contribution < 1.29 is 14.3 Å². The van der Waals surface area contributed by atoms with Gasteiger partial charge in [-0.05, 0) is 79.1 Å². The Bertz CT molecular complexity index is 803. The number of hydrogen-bond donors (Lipinski definition) is 0. The van der Waals surface area contributed by atoms with Crippen LogP contribution in [0.4, 0.5) is 0 Å². The third-order valence-electron chi connectivity index (χ3n) is 4.34. The number of allylic oxidation sites excluding steroid dienone is 1. The molecule has 0 fully saturated rings. The predicted octanol–water partition coefficient (Wildman–Crippen LogP) is 5.70. The van der Waals surface area contributed by atoms with Crippen molar-refractivity contribution in [1.82, 2.24) is 0 Å². The Balaban J connectivity index is 2.08. The summed E-state index contributed by atoms with van der Waals surface area (Å²) in [6, 6.07) is 12.5. The van der Waals surface area contributed by atoms with Crippen molar-refractivity contribution in [2.75, 3.05) is 32.2 Å². The molecule has 0 aliphatic heterocycles. The van der Waals surface area contributed by atoms with Gasteiger partial charge in [-0.2, -0.15) is 10.0 Å². The lowest BCUT2D eigenvalue weighted by Gasteiger charge is -2.32. The van der Waals surface area contributed by atoms with Gasteiger partial charge in [0.05, 0.1) is 6.21 Å². The Kier molecular flexibility index (Phi) is 8.00. The Morgan fingerprint density at radius 3 is 2.21 bits per heavy atom. The van der Waals surface area contributed by atoms with Crippen LogP contribution in [0.1, 0.15) is 23.6 Å². The van der Waals surface area contributed by atoms with Crippen LogP contribution in [0.5, 0.6) is 11.5 Å². The predicted molar refractivity (Wildman–Crippen MR) is 120 cm³/mol. The minimum atomic E-state index is -1.10. The average molecular weight is 402 g/mol. The van der Waals surface area contributed by atoms with Crippen LogP contribution >= 0.6 is 10.0 Å². The van der Waals surface area contributed by atoms with Crippen LogP contribution in [0.15, 0.2) is 58.6 Å². The lowest BCUT2D eigenvalue weighted by Crippen LogP contribution is -2.10.